The lowest BCUT2D eigenvalue weighted by Gasteiger charge is -2.20. The lowest BCUT2D eigenvalue weighted by atomic mass is 9.94. The van der Waals surface area contributed by atoms with Crippen LogP contribution >= 0.6 is 0 Å². The highest BCUT2D eigenvalue weighted by Crippen LogP contribution is 2.33. The van der Waals surface area contributed by atoms with Gasteiger partial charge in [0, 0.05) is 17.7 Å². The number of rotatable bonds is 5. The molecule has 0 atom stereocenters. The van der Waals surface area contributed by atoms with Crippen LogP contribution in [0.25, 0.3) is 11.3 Å². The highest BCUT2D eigenvalue weighted by molar-refractivity contribution is 5.64. The summed E-state index contributed by atoms with van der Waals surface area (Å²) in [7, 11) is 0. The lowest BCUT2D eigenvalue weighted by molar-refractivity contribution is -0.137. The molecular weight excluding hydrogens is 461 g/mol. The number of fused-ring (bicyclic) bond motifs is 1. The molecule has 3 aromatic rings. The van der Waals surface area contributed by atoms with Gasteiger partial charge in [-0.3, -0.25) is 0 Å². The van der Waals surface area contributed by atoms with E-state index < -0.39 is 11.7 Å². The maximum absolute atomic E-state index is 12.7. The van der Waals surface area contributed by atoms with Crippen molar-refractivity contribution in [2.45, 2.75) is 25.9 Å². The Bertz CT molecular complexity index is 1120. The van der Waals surface area contributed by atoms with Gasteiger partial charge in [0.05, 0.1) is 50.6 Å². The van der Waals surface area contributed by atoms with Gasteiger partial charge in [0.25, 0.3) is 6.01 Å². The molecule has 2 aliphatic rings. The van der Waals surface area contributed by atoms with Crippen molar-refractivity contribution in [3.8, 4) is 11.3 Å². The normalized spacial score (nSPS) is 15.4. The second-order valence-corrected chi connectivity index (χ2v) is 7.88. The first-order chi connectivity index (χ1) is 16.9. The summed E-state index contributed by atoms with van der Waals surface area (Å²) >= 11 is 0. The molecule has 0 saturated carbocycles. The molecule has 6 nitrogen and oxygen atoms in total. The predicted octanol–water partition coefficient (Wildman–Crippen LogP) is 6.16. The van der Waals surface area contributed by atoms with E-state index in [0.717, 1.165) is 62.0 Å². The summed E-state index contributed by atoms with van der Waals surface area (Å²) in [6.45, 7) is 5.68. The fourth-order valence-corrected chi connectivity index (χ4v) is 3.76. The number of alkyl halides is 3. The summed E-state index contributed by atoms with van der Waals surface area (Å²) in [5.41, 5.74) is 3.01. The van der Waals surface area contributed by atoms with Crippen molar-refractivity contribution < 1.29 is 31.8 Å². The smallest absolute Gasteiger partial charge is 0.416 e. The van der Waals surface area contributed by atoms with Crippen LogP contribution in [-0.4, -0.2) is 38.0 Å². The number of nitrogens with zero attached hydrogens (tertiary/aromatic N) is 1. The van der Waals surface area contributed by atoms with Crippen LogP contribution in [-0.2, 0) is 33.2 Å². The van der Waals surface area contributed by atoms with E-state index in [1.54, 1.807) is 0 Å². The number of allylic oxidation sites excluding steroid dienone is 2. The molecule has 1 N–H and O–H groups in total. The summed E-state index contributed by atoms with van der Waals surface area (Å²) < 4.78 is 59.4. The predicted molar refractivity (Wildman–Crippen MR) is 125 cm³/mol. The number of oxazole rings is 1. The van der Waals surface area contributed by atoms with Crippen LogP contribution < -0.4 is 5.32 Å². The first-order valence-electron chi connectivity index (χ1n) is 11.4. The van der Waals surface area contributed by atoms with Crippen molar-refractivity contribution in [3.05, 3.63) is 77.2 Å². The van der Waals surface area contributed by atoms with Gasteiger partial charge in [0.15, 0.2) is 5.76 Å². The van der Waals surface area contributed by atoms with Crippen LogP contribution in [0.5, 0.6) is 0 Å². The van der Waals surface area contributed by atoms with E-state index in [-0.39, 0.29) is 6.01 Å². The van der Waals surface area contributed by atoms with E-state index in [4.69, 9.17) is 18.6 Å². The fraction of sp³-hybridized carbons (Fsp3) is 0.346. The van der Waals surface area contributed by atoms with Gasteiger partial charge in [-0.05, 0) is 48.7 Å². The molecule has 0 radical (unpaired) electrons. The number of halogens is 3. The molecule has 9 heteroatoms. The van der Waals surface area contributed by atoms with E-state index in [0.29, 0.717) is 24.4 Å². The van der Waals surface area contributed by atoms with Crippen molar-refractivity contribution in [1.82, 2.24) is 4.98 Å². The van der Waals surface area contributed by atoms with Crippen LogP contribution in [0.4, 0.5) is 24.9 Å². The first-order valence-corrected chi connectivity index (χ1v) is 11.4. The number of nitrogens with one attached hydrogen (secondary N) is 1. The third-order valence-electron chi connectivity index (χ3n) is 5.49. The van der Waals surface area contributed by atoms with Crippen molar-refractivity contribution in [2.24, 2.45) is 0 Å². The molecule has 1 fully saturated rings. The summed E-state index contributed by atoms with van der Waals surface area (Å²) in [5, 5.41) is 3.18. The number of benzene rings is 2. The van der Waals surface area contributed by atoms with Crippen LogP contribution in [0, 0.1) is 0 Å². The van der Waals surface area contributed by atoms with E-state index >= 15 is 0 Å². The van der Waals surface area contributed by atoms with E-state index in [1.165, 1.54) is 23.9 Å². The second kappa shape index (κ2) is 11.4. The van der Waals surface area contributed by atoms with Gasteiger partial charge in [-0.1, -0.05) is 24.3 Å². The van der Waals surface area contributed by atoms with Crippen molar-refractivity contribution >= 4 is 11.7 Å². The molecule has 0 unspecified atom stereocenters. The van der Waals surface area contributed by atoms with E-state index in [2.05, 4.69) is 22.4 Å². The Labute approximate surface area is 201 Å². The van der Waals surface area contributed by atoms with Gasteiger partial charge < -0.3 is 23.9 Å². The molecule has 2 heterocycles. The minimum absolute atomic E-state index is 0.279. The molecule has 35 heavy (non-hydrogen) atoms. The first kappa shape index (κ1) is 24.8. The average Bonchev–Trinajstić information content (AvgIpc) is 3.34. The van der Waals surface area contributed by atoms with Crippen LogP contribution in [0.2, 0.25) is 0 Å². The number of ether oxygens (including phenoxy) is 3. The van der Waals surface area contributed by atoms with Crippen molar-refractivity contribution in [1.29, 1.82) is 0 Å². The molecule has 0 bridgehead atoms. The van der Waals surface area contributed by atoms with Gasteiger partial charge in [-0.15, -0.1) is 0 Å². The van der Waals surface area contributed by atoms with E-state index in [1.807, 2.05) is 19.1 Å². The summed E-state index contributed by atoms with van der Waals surface area (Å²) in [4.78, 5) is 4.22. The number of hydrogen-bond acceptors (Lipinski definition) is 6. The minimum Gasteiger partial charge on any atom is -0.498 e. The Kier molecular flexibility index (Phi) is 8.09. The van der Waals surface area contributed by atoms with Gasteiger partial charge in [-0.2, -0.15) is 13.2 Å². The largest absolute Gasteiger partial charge is 0.498 e. The maximum atomic E-state index is 12.7. The molecule has 186 valence electrons. The molecule has 2 aromatic carbocycles. The van der Waals surface area contributed by atoms with Crippen molar-refractivity contribution in [3.63, 3.8) is 0 Å². The molecule has 0 spiro atoms. The SMILES string of the molecule is C1COCCO1.CCOC1=CCc2cccc(Nc3ncc(-c4ccc(C(F)(F)F)cc4)o3)c2C1. The highest BCUT2D eigenvalue weighted by Gasteiger charge is 2.30. The van der Waals surface area contributed by atoms with Gasteiger partial charge >= 0.3 is 6.18 Å². The van der Waals surface area contributed by atoms with Crippen LogP contribution in [0.15, 0.2) is 64.9 Å². The minimum atomic E-state index is -4.37. The zero-order chi connectivity index (χ0) is 24.7. The standard InChI is InChI=1S/C22H19F3N2O2.C4H8O2/c1-2-28-17-11-8-14-4-3-5-19(18(14)12-17)27-21-26-13-20(29-21)15-6-9-16(10-7-15)22(23,24)25;1-2-6-4-3-5-1/h3-7,9-11,13H,2,8,12H2,1H3,(H,26,27);1-4H2. The molecular formula is C26H27F3N2O4. The second-order valence-electron chi connectivity index (χ2n) is 7.88. The van der Waals surface area contributed by atoms with Gasteiger partial charge in [0.2, 0.25) is 0 Å². The third-order valence-corrected chi connectivity index (χ3v) is 5.49. The molecule has 1 aliphatic heterocycles. The quantitative estimate of drug-likeness (QED) is 0.464. The highest BCUT2D eigenvalue weighted by atomic mass is 19.4. The monoisotopic (exact) mass is 488 g/mol. The Morgan fingerprint density at radius 3 is 2.34 bits per heavy atom. The summed E-state index contributed by atoms with van der Waals surface area (Å²) in [6.07, 6.45) is 0.685. The molecule has 0 amide bonds. The molecule has 1 aliphatic carbocycles. The Balaban J connectivity index is 0.000000421. The molecule has 1 aromatic heterocycles. The Morgan fingerprint density at radius 2 is 1.71 bits per heavy atom. The number of hydrogen-bond donors (Lipinski definition) is 1. The molecule has 5 rings (SSSR count). The van der Waals surface area contributed by atoms with Crippen LogP contribution in [0.3, 0.4) is 0 Å². The topological polar surface area (TPSA) is 65.8 Å². The summed E-state index contributed by atoms with van der Waals surface area (Å²) in [6, 6.07) is 11.0. The number of aromatic nitrogens is 1. The average molecular weight is 489 g/mol. The Hall–Kier alpha value is -3.30. The lowest BCUT2D eigenvalue weighted by Crippen LogP contribution is -2.16. The van der Waals surface area contributed by atoms with Gasteiger partial charge in [0.1, 0.15) is 0 Å². The van der Waals surface area contributed by atoms with E-state index in [9.17, 15) is 13.2 Å². The maximum Gasteiger partial charge on any atom is 0.416 e. The van der Waals surface area contributed by atoms with Crippen LogP contribution in [0.1, 0.15) is 23.6 Å². The fourth-order valence-electron chi connectivity index (χ4n) is 3.76. The molecule has 1 saturated heterocycles. The zero-order valence-electron chi connectivity index (χ0n) is 19.4. The van der Waals surface area contributed by atoms with Gasteiger partial charge in [-0.25, -0.2) is 4.98 Å². The zero-order valence-corrected chi connectivity index (χ0v) is 19.4. The van der Waals surface area contributed by atoms with Crippen molar-refractivity contribution in [2.75, 3.05) is 38.4 Å². The number of anilines is 2. The third kappa shape index (κ3) is 6.64. The summed E-state index contributed by atoms with van der Waals surface area (Å²) in [5.74, 6) is 1.33. The Morgan fingerprint density at radius 1 is 1.00 bits per heavy atom.